The van der Waals surface area contributed by atoms with Gasteiger partial charge >= 0.3 is 0 Å². The van der Waals surface area contributed by atoms with Gasteiger partial charge in [0, 0.05) is 33.2 Å². The fourth-order valence-corrected chi connectivity index (χ4v) is 4.58. The number of aryl methyl sites for hydroxylation is 2. The maximum absolute atomic E-state index is 12.7. The van der Waals surface area contributed by atoms with E-state index < -0.39 is 0 Å². The fraction of sp³-hybridized carbons (Fsp3) is 0.444. The summed E-state index contributed by atoms with van der Waals surface area (Å²) in [6.45, 7) is 3.86. The molecule has 1 amide bonds. The zero-order valence-electron chi connectivity index (χ0n) is 15.2. The molecule has 0 saturated carbocycles. The zero-order valence-corrected chi connectivity index (χ0v) is 16.0. The third-order valence-corrected chi connectivity index (χ3v) is 6.26. The molecule has 1 saturated heterocycles. The standard InChI is InChI=1S/C18H22N6OS/c1-12-9-26-16-15(12)20-10-21-17(16)24-6-4-13(5-7-24)23(3)18(25)14-8-19-11-22(14)2/h8-11,13H,4-7H2,1-3H3. The summed E-state index contributed by atoms with van der Waals surface area (Å²) < 4.78 is 2.92. The SMILES string of the molecule is Cc1csc2c(N3CCC(N(C)C(=O)c4cncn4C)CC3)ncnc12. The van der Waals surface area contributed by atoms with Gasteiger partial charge in [-0.15, -0.1) is 11.3 Å². The molecule has 8 heteroatoms. The molecule has 3 aromatic rings. The number of amides is 1. The number of carbonyl (C=O) groups is 1. The molecule has 136 valence electrons. The lowest BCUT2D eigenvalue weighted by molar-refractivity contribution is 0.0699. The molecule has 26 heavy (non-hydrogen) atoms. The molecule has 4 heterocycles. The summed E-state index contributed by atoms with van der Waals surface area (Å²) in [5.41, 5.74) is 2.87. The molecule has 0 spiro atoms. The van der Waals surface area contributed by atoms with Crippen LogP contribution >= 0.6 is 11.3 Å². The number of aromatic nitrogens is 4. The molecule has 0 aromatic carbocycles. The largest absolute Gasteiger partial charge is 0.355 e. The fourth-order valence-electron chi connectivity index (χ4n) is 3.56. The van der Waals surface area contributed by atoms with Crippen molar-refractivity contribution >= 4 is 33.3 Å². The van der Waals surface area contributed by atoms with E-state index in [1.54, 1.807) is 34.8 Å². The molecular formula is C18H22N6OS. The lowest BCUT2D eigenvalue weighted by atomic mass is 10.0. The highest BCUT2D eigenvalue weighted by molar-refractivity contribution is 7.18. The summed E-state index contributed by atoms with van der Waals surface area (Å²) in [5, 5.41) is 2.13. The van der Waals surface area contributed by atoms with E-state index in [4.69, 9.17) is 0 Å². The number of carbonyl (C=O) groups excluding carboxylic acids is 1. The Morgan fingerprint density at radius 2 is 2.08 bits per heavy atom. The topological polar surface area (TPSA) is 67.2 Å². The first-order valence-electron chi connectivity index (χ1n) is 8.73. The predicted molar refractivity (Wildman–Crippen MR) is 103 cm³/mol. The molecule has 1 aliphatic rings. The van der Waals surface area contributed by atoms with E-state index in [9.17, 15) is 4.79 Å². The van der Waals surface area contributed by atoms with Crippen LogP contribution in [-0.2, 0) is 7.05 Å². The molecule has 3 aromatic heterocycles. The zero-order chi connectivity index (χ0) is 18.3. The highest BCUT2D eigenvalue weighted by Crippen LogP contribution is 2.32. The number of hydrogen-bond acceptors (Lipinski definition) is 6. The van der Waals surface area contributed by atoms with Crippen LogP contribution in [0.15, 0.2) is 24.2 Å². The first kappa shape index (κ1) is 17.0. The van der Waals surface area contributed by atoms with Gasteiger partial charge in [0.1, 0.15) is 17.8 Å². The third kappa shape index (κ3) is 2.84. The minimum atomic E-state index is 0.0294. The molecule has 1 fully saturated rings. The second kappa shape index (κ2) is 6.68. The molecule has 1 aliphatic heterocycles. The Labute approximate surface area is 156 Å². The number of imidazole rings is 1. The minimum Gasteiger partial charge on any atom is -0.355 e. The molecule has 0 bridgehead atoms. The van der Waals surface area contributed by atoms with Crippen molar-refractivity contribution in [2.45, 2.75) is 25.8 Å². The highest BCUT2D eigenvalue weighted by atomic mass is 32.1. The van der Waals surface area contributed by atoms with E-state index in [0.717, 1.165) is 42.0 Å². The van der Waals surface area contributed by atoms with Crippen molar-refractivity contribution in [3.63, 3.8) is 0 Å². The van der Waals surface area contributed by atoms with Crippen LogP contribution in [0.3, 0.4) is 0 Å². The van der Waals surface area contributed by atoms with Gasteiger partial charge in [-0.05, 0) is 30.7 Å². The second-order valence-corrected chi connectivity index (χ2v) is 7.70. The average molecular weight is 370 g/mol. The van der Waals surface area contributed by atoms with Crippen LogP contribution in [0.4, 0.5) is 5.82 Å². The van der Waals surface area contributed by atoms with Crippen LogP contribution in [0, 0.1) is 6.92 Å². The maximum Gasteiger partial charge on any atom is 0.272 e. The van der Waals surface area contributed by atoms with Crippen LogP contribution in [0.5, 0.6) is 0 Å². The Morgan fingerprint density at radius 3 is 2.77 bits per heavy atom. The quantitative estimate of drug-likeness (QED) is 0.709. The van der Waals surface area contributed by atoms with E-state index in [-0.39, 0.29) is 11.9 Å². The van der Waals surface area contributed by atoms with E-state index in [1.807, 2.05) is 19.0 Å². The number of rotatable bonds is 3. The van der Waals surface area contributed by atoms with Gasteiger partial charge in [-0.25, -0.2) is 15.0 Å². The van der Waals surface area contributed by atoms with Gasteiger partial charge in [0.25, 0.3) is 5.91 Å². The molecule has 0 atom stereocenters. The van der Waals surface area contributed by atoms with Crippen LogP contribution in [0.1, 0.15) is 28.9 Å². The van der Waals surface area contributed by atoms with Crippen LogP contribution in [-0.4, -0.2) is 56.5 Å². The Bertz CT molecular complexity index is 940. The summed E-state index contributed by atoms with van der Waals surface area (Å²) in [4.78, 5) is 29.9. The molecular weight excluding hydrogens is 348 g/mol. The van der Waals surface area contributed by atoms with E-state index >= 15 is 0 Å². The van der Waals surface area contributed by atoms with Crippen molar-refractivity contribution in [1.82, 2.24) is 24.4 Å². The summed E-state index contributed by atoms with van der Waals surface area (Å²) in [5.74, 6) is 1.05. The smallest absolute Gasteiger partial charge is 0.272 e. The van der Waals surface area contributed by atoms with Crippen molar-refractivity contribution in [1.29, 1.82) is 0 Å². The van der Waals surface area contributed by atoms with Crippen molar-refractivity contribution in [2.24, 2.45) is 7.05 Å². The Morgan fingerprint density at radius 1 is 1.31 bits per heavy atom. The van der Waals surface area contributed by atoms with E-state index in [0.29, 0.717) is 5.69 Å². The summed E-state index contributed by atoms with van der Waals surface area (Å²) >= 11 is 1.71. The lowest BCUT2D eigenvalue weighted by Gasteiger charge is -2.37. The van der Waals surface area contributed by atoms with Crippen molar-refractivity contribution < 1.29 is 4.79 Å². The van der Waals surface area contributed by atoms with Gasteiger partial charge < -0.3 is 14.4 Å². The number of piperidine rings is 1. The molecule has 4 rings (SSSR count). The molecule has 7 nitrogen and oxygen atoms in total. The lowest BCUT2D eigenvalue weighted by Crippen LogP contribution is -2.46. The van der Waals surface area contributed by atoms with Crippen LogP contribution in [0.25, 0.3) is 10.2 Å². The summed E-state index contributed by atoms with van der Waals surface area (Å²) in [6, 6.07) is 0.232. The maximum atomic E-state index is 12.7. The highest BCUT2D eigenvalue weighted by Gasteiger charge is 2.28. The molecule has 0 aliphatic carbocycles. The number of hydrogen-bond donors (Lipinski definition) is 0. The van der Waals surface area contributed by atoms with Crippen LogP contribution < -0.4 is 4.90 Å². The third-order valence-electron chi connectivity index (χ3n) is 5.18. The second-order valence-electron chi connectivity index (χ2n) is 6.82. The predicted octanol–water partition coefficient (Wildman–Crippen LogP) is 2.47. The van der Waals surface area contributed by atoms with Gasteiger partial charge in [-0.3, -0.25) is 4.79 Å². The monoisotopic (exact) mass is 370 g/mol. The number of anilines is 1. The minimum absolute atomic E-state index is 0.0294. The van der Waals surface area contributed by atoms with Crippen molar-refractivity contribution in [2.75, 3.05) is 25.0 Å². The first-order chi connectivity index (χ1) is 12.6. The van der Waals surface area contributed by atoms with Gasteiger partial charge in [0.15, 0.2) is 0 Å². The Balaban J connectivity index is 1.47. The van der Waals surface area contributed by atoms with Crippen LogP contribution in [0.2, 0.25) is 0 Å². The molecule has 0 radical (unpaired) electrons. The van der Waals surface area contributed by atoms with Gasteiger partial charge in [-0.1, -0.05) is 0 Å². The molecule has 0 N–H and O–H groups in total. The van der Waals surface area contributed by atoms with Gasteiger partial charge in [-0.2, -0.15) is 0 Å². The Hall–Kier alpha value is -2.48. The Kier molecular flexibility index (Phi) is 4.36. The summed E-state index contributed by atoms with van der Waals surface area (Å²) in [7, 11) is 3.74. The first-order valence-corrected chi connectivity index (χ1v) is 9.61. The molecule has 0 unspecified atom stereocenters. The van der Waals surface area contributed by atoms with Crippen molar-refractivity contribution in [3.8, 4) is 0 Å². The van der Waals surface area contributed by atoms with Gasteiger partial charge in [0.2, 0.25) is 0 Å². The number of thiophene rings is 1. The normalized spacial score (nSPS) is 15.6. The van der Waals surface area contributed by atoms with Crippen molar-refractivity contribution in [3.05, 3.63) is 35.5 Å². The van der Waals surface area contributed by atoms with Gasteiger partial charge in [0.05, 0.1) is 22.7 Å². The number of fused-ring (bicyclic) bond motifs is 1. The van der Waals surface area contributed by atoms with E-state index in [1.165, 1.54) is 5.56 Å². The average Bonchev–Trinajstić information content (AvgIpc) is 3.26. The van der Waals surface area contributed by atoms with E-state index in [2.05, 4.69) is 32.2 Å². The number of nitrogens with zero attached hydrogens (tertiary/aromatic N) is 6. The summed E-state index contributed by atoms with van der Waals surface area (Å²) in [6.07, 6.45) is 6.80.